The SMILES string of the molecule is CCOC(=O)c1c(NC(=S)NCCCn2cc(Cl)c(C)n2)sc2c1CCCC2. The maximum atomic E-state index is 12.5. The number of halogens is 1. The highest BCUT2D eigenvalue weighted by Gasteiger charge is 2.26. The summed E-state index contributed by atoms with van der Waals surface area (Å²) in [5.74, 6) is -0.266. The maximum Gasteiger partial charge on any atom is 0.341 e. The largest absolute Gasteiger partial charge is 0.462 e. The molecule has 0 spiro atoms. The number of carbonyl (C=O) groups excluding carboxylic acids is 1. The minimum absolute atomic E-state index is 0.266. The van der Waals surface area contributed by atoms with Crippen LogP contribution in [0.5, 0.6) is 0 Å². The Morgan fingerprint density at radius 3 is 2.93 bits per heavy atom. The van der Waals surface area contributed by atoms with Crippen LogP contribution in [0.15, 0.2) is 6.20 Å². The van der Waals surface area contributed by atoms with E-state index in [-0.39, 0.29) is 5.97 Å². The van der Waals surface area contributed by atoms with E-state index in [1.807, 2.05) is 24.7 Å². The number of rotatable bonds is 7. The van der Waals surface area contributed by atoms with Crippen LogP contribution in [0, 0.1) is 6.92 Å². The van der Waals surface area contributed by atoms with Gasteiger partial charge in [-0.15, -0.1) is 11.3 Å². The molecule has 2 heterocycles. The van der Waals surface area contributed by atoms with Gasteiger partial charge >= 0.3 is 5.97 Å². The fourth-order valence-corrected chi connectivity index (χ4v) is 4.97. The quantitative estimate of drug-likeness (QED) is 0.379. The summed E-state index contributed by atoms with van der Waals surface area (Å²) in [4.78, 5) is 13.8. The number of ether oxygens (including phenoxy) is 1. The molecule has 0 fully saturated rings. The normalized spacial score (nSPS) is 13.1. The molecule has 3 rings (SSSR count). The summed E-state index contributed by atoms with van der Waals surface area (Å²) in [7, 11) is 0. The van der Waals surface area contributed by atoms with Crippen LogP contribution >= 0.6 is 35.2 Å². The number of nitrogens with one attached hydrogen (secondary N) is 2. The fourth-order valence-electron chi connectivity index (χ4n) is 3.27. The standard InChI is InChI=1S/C19H25ClN4O2S2/c1-3-26-18(25)16-13-7-4-5-8-15(13)28-17(16)22-19(27)21-9-6-10-24-11-14(20)12(2)23-24/h11H,3-10H2,1-2H3,(H2,21,22,27). The molecule has 6 nitrogen and oxygen atoms in total. The van der Waals surface area contributed by atoms with E-state index in [1.165, 1.54) is 4.88 Å². The van der Waals surface area contributed by atoms with Gasteiger partial charge in [-0.25, -0.2) is 4.79 Å². The van der Waals surface area contributed by atoms with Gasteiger partial charge in [-0.2, -0.15) is 5.10 Å². The first-order chi connectivity index (χ1) is 13.5. The molecule has 0 unspecified atom stereocenters. The first-order valence-corrected chi connectivity index (χ1v) is 11.2. The molecule has 28 heavy (non-hydrogen) atoms. The number of fused-ring (bicyclic) bond motifs is 1. The number of hydrogen-bond acceptors (Lipinski definition) is 5. The van der Waals surface area contributed by atoms with Crippen molar-refractivity contribution in [3.8, 4) is 0 Å². The van der Waals surface area contributed by atoms with E-state index in [0.717, 1.165) is 54.9 Å². The molecule has 0 radical (unpaired) electrons. The van der Waals surface area contributed by atoms with E-state index in [4.69, 9.17) is 28.6 Å². The third-order valence-corrected chi connectivity index (χ3v) is 6.44. The van der Waals surface area contributed by atoms with Crippen LogP contribution in [-0.2, 0) is 24.1 Å². The van der Waals surface area contributed by atoms with Gasteiger partial charge in [0.15, 0.2) is 5.11 Å². The third kappa shape index (κ3) is 5.04. The van der Waals surface area contributed by atoms with Crippen LogP contribution in [-0.4, -0.2) is 34.0 Å². The van der Waals surface area contributed by atoms with Crippen LogP contribution < -0.4 is 10.6 Å². The number of aryl methyl sites for hydroxylation is 3. The van der Waals surface area contributed by atoms with Gasteiger partial charge in [0.05, 0.1) is 22.9 Å². The van der Waals surface area contributed by atoms with Gasteiger partial charge in [0, 0.05) is 24.2 Å². The number of anilines is 1. The summed E-state index contributed by atoms with van der Waals surface area (Å²) in [6, 6.07) is 0. The monoisotopic (exact) mass is 440 g/mol. The van der Waals surface area contributed by atoms with Gasteiger partial charge < -0.3 is 15.4 Å². The molecule has 0 aromatic carbocycles. The van der Waals surface area contributed by atoms with Crippen LogP contribution in [0.25, 0.3) is 0 Å². The summed E-state index contributed by atoms with van der Waals surface area (Å²) in [5, 5.41) is 12.7. The number of thiocarbonyl (C=S) groups is 1. The average Bonchev–Trinajstić information content (AvgIpc) is 3.18. The van der Waals surface area contributed by atoms with Crippen molar-refractivity contribution in [1.29, 1.82) is 0 Å². The zero-order valence-corrected chi connectivity index (χ0v) is 18.5. The Morgan fingerprint density at radius 1 is 1.43 bits per heavy atom. The molecule has 0 saturated carbocycles. The molecule has 2 aromatic rings. The summed E-state index contributed by atoms with van der Waals surface area (Å²) >= 11 is 13.1. The van der Waals surface area contributed by atoms with Gasteiger partial charge in [0.2, 0.25) is 0 Å². The molecule has 0 atom stereocenters. The Kier molecular flexibility index (Phi) is 7.31. The van der Waals surface area contributed by atoms with Gasteiger partial charge in [-0.1, -0.05) is 11.6 Å². The summed E-state index contributed by atoms with van der Waals surface area (Å²) < 4.78 is 7.11. The molecular formula is C19H25ClN4O2S2. The number of thiophene rings is 1. The first-order valence-electron chi connectivity index (χ1n) is 9.55. The van der Waals surface area contributed by atoms with E-state index in [9.17, 15) is 4.79 Å². The molecule has 152 valence electrons. The number of aromatic nitrogens is 2. The Morgan fingerprint density at radius 2 is 2.21 bits per heavy atom. The number of esters is 1. The van der Waals surface area contributed by atoms with Crippen molar-refractivity contribution in [2.75, 3.05) is 18.5 Å². The molecule has 2 N–H and O–H groups in total. The maximum absolute atomic E-state index is 12.5. The van der Waals surface area contributed by atoms with E-state index >= 15 is 0 Å². The highest BCUT2D eigenvalue weighted by atomic mass is 35.5. The Labute approximate surface area is 179 Å². The molecule has 1 aliphatic rings. The van der Waals surface area contributed by atoms with E-state index < -0.39 is 0 Å². The fraction of sp³-hybridized carbons (Fsp3) is 0.526. The first kappa shape index (κ1) is 21.1. The number of nitrogens with zero attached hydrogens (tertiary/aromatic N) is 2. The lowest BCUT2D eigenvalue weighted by Crippen LogP contribution is -2.30. The second kappa shape index (κ2) is 9.71. The molecular weight excluding hydrogens is 416 g/mol. The Hall–Kier alpha value is -1.64. The Balaban J connectivity index is 1.57. The highest BCUT2D eigenvalue weighted by Crippen LogP contribution is 2.38. The lowest BCUT2D eigenvalue weighted by Gasteiger charge is -2.13. The van der Waals surface area contributed by atoms with Crippen molar-refractivity contribution >= 4 is 51.2 Å². The van der Waals surface area contributed by atoms with E-state index in [1.54, 1.807) is 11.3 Å². The van der Waals surface area contributed by atoms with Crippen molar-refractivity contribution in [2.45, 2.75) is 52.5 Å². The second-order valence-electron chi connectivity index (χ2n) is 6.70. The van der Waals surface area contributed by atoms with Crippen molar-refractivity contribution in [2.24, 2.45) is 0 Å². The molecule has 0 aliphatic heterocycles. The van der Waals surface area contributed by atoms with Crippen LogP contribution in [0.4, 0.5) is 5.00 Å². The zero-order valence-electron chi connectivity index (χ0n) is 16.1. The summed E-state index contributed by atoms with van der Waals surface area (Å²) in [6.07, 6.45) is 6.89. The number of carbonyl (C=O) groups is 1. The minimum atomic E-state index is -0.266. The second-order valence-corrected chi connectivity index (χ2v) is 8.62. The Bertz CT molecular complexity index is 843. The highest BCUT2D eigenvalue weighted by molar-refractivity contribution is 7.80. The molecule has 1 aliphatic carbocycles. The van der Waals surface area contributed by atoms with Crippen molar-refractivity contribution < 1.29 is 9.53 Å². The van der Waals surface area contributed by atoms with Crippen LogP contribution in [0.3, 0.4) is 0 Å². The lowest BCUT2D eigenvalue weighted by atomic mass is 9.95. The molecule has 0 amide bonds. The van der Waals surface area contributed by atoms with Gasteiger partial charge in [-0.3, -0.25) is 4.68 Å². The molecule has 9 heteroatoms. The van der Waals surface area contributed by atoms with Gasteiger partial charge in [-0.05, 0) is 63.7 Å². The third-order valence-electron chi connectivity index (χ3n) is 4.61. The van der Waals surface area contributed by atoms with Crippen LogP contribution in [0.2, 0.25) is 5.02 Å². The van der Waals surface area contributed by atoms with Crippen molar-refractivity contribution in [1.82, 2.24) is 15.1 Å². The predicted octanol–water partition coefficient (Wildman–Crippen LogP) is 4.34. The van der Waals surface area contributed by atoms with E-state index in [0.29, 0.717) is 28.9 Å². The van der Waals surface area contributed by atoms with Crippen LogP contribution in [0.1, 0.15) is 52.7 Å². The van der Waals surface area contributed by atoms with Gasteiger partial charge in [0.1, 0.15) is 5.00 Å². The molecule has 0 bridgehead atoms. The van der Waals surface area contributed by atoms with E-state index in [2.05, 4.69) is 15.7 Å². The molecule has 0 saturated heterocycles. The predicted molar refractivity (Wildman–Crippen MR) is 118 cm³/mol. The number of hydrogen-bond donors (Lipinski definition) is 2. The summed E-state index contributed by atoms with van der Waals surface area (Å²) in [5.41, 5.74) is 2.62. The summed E-state index contributed by atoms with van der Waals surface area (Å²) in [6.45, 7) is 5.53. The minimum Gasteiger partial charge on any atom is -0.462 e. The van der Waals surface area contributed by atoms with Crippen molar-refractivity contribution in [3.63, 3.8) is 0 Å². The van der Waals surface area contributed by atoms with Gasteiger partial charge in [0.25, 0.3) is 0 Å². The lowest BCUT2D eigenvalue weighted by molar-refractivity contribution is 0.0526. The topological polar surface area (TPSA) is 68.2 Å². The smallest absolute Gasteiger partial charge is 0.341 e. The van der Waals surface area contributed by atoms with Crippen molar-refractivity contribution in [3.05, 3.63) is 32.9 Å². The zero-order chi connectivity index (χ0) is 20.1. The average molecular weight is 441 g/mol. The molecule has 2 aromatic heterocycles.